The van der Waals surface area contributed by atoms with Crippen LogP contribution < -0.4 is 18.9 Å². The summed E-state index contributed by atoms with van der Waals surface area (Å²) in [7, 11) is 6.36. The highest BCUT2D eigenvalue weighted by Gasteiger charge is 2.20. The molecule has 1 radical (unpaired) electrons. The van der Waals surface area contributed by atoms with Gasteiger partial charge in [-0.2, -0.15) is 0 Å². The van der Waals surface area contributed by atoms with Crippen LogP contribution in [0.5, 0.6) is 23.0 Å². The number of hydrogen-bond acceptors (Lipinski definition) is 6. The molecule has 7 heteroatoms. The van der Waals surface area contributed by atoms with Gasteiger partial charge in [-0.15, -0.1) is 5.10 Å². The van der Waals surface area contributed by atoms with Crippen LogP contribution in [0.4, 0.5) is 0 Å². The number of H-pyrrole nitrogens is 1. The summed E-state index contributed by atoms with van der Waals surface area (Å²) >= 11 is 0. The number of aromatic nitrogens is 3. The average molecular weight is 368 g/mol. The molecule has 0 aliphatic rings. The minimum absolute atomic E-state index is 0.529. The third-order valence-electron chi connectivity index (χ3n) is 4.37. The second-order valence-corrected chi connectivity index (χ2v) is 5.74. The second kappa shape index (κ2) is 7.99. The molecule has 0 atom stereocenters. The molecule has 0 aliphatic carbocycles. The van der Waals surface area contributed by atoms with E-state index >= 15 is 0 Å². The lowest BCUT2D eigenvalue weighted by Gasteiger charge is -2.14. The van der Waals surface area contributed by atoms with Gasteiger partial charge >= 0.3 is 0 Å². The molecule has 0 amide bonds. The Bertz CT molecular complexity index is 912. The monoisotopic (exact) mass is 368 g/mol. The molecule has 0 saturated carbocycles. The van der Waals surface area contributed by atoms with Gasteiger partial charge in [0, 0.05) is 17.2 Å². The quantitative estimate of drug-likeness (QED) is 0.687. The minimum Gasteiger partial charge on any atom is -0.496 e. The zero-order valence-electron chi connectivity index (χ0n) is 16.0. The number of nitrogens with zero attached hydrogens (tertiary/aromatic N) is 2. The lowest BCUT2D eigenvalue weighted by Crippen LogP contribution is -1.97. The first kappa shape index (κ1) is 18.6. The third-order valence-corrected chi connectivity index (χ3v) is 4.37. The van der Waals surface area contributed by atoms with E-state index in [9.17, 15) is 0 Å². The molecule has 0 bridgehead atoms. The second-order valence-electron chi connectivity index (χ2n) is 5.74. The smallest absolute Gasteiger partial charge is 0.203 e. The first-order valence-electron chi connectivity index (χ1n) is 8.47. The lowest BCUT2D eigenvalue weighted by atomic mass is 9.98. The highest BCUT2D eigenvalue weighted by Crippen LogP contribution is 2.42. The van der Waals surface area contributed by atoms with Crippen LogP contribution in [0.2, 0.25) is 0 Å². The van der Waals surface area contributed by atoms with E-state index in [2.05, 4.69) is 28.4 Å². The van der Waals surface area contributed by atoms with Gasteiger partial charge in [-0.1, -0.05) is 12.1 Å². The highest BCUT2D eigenvalue weighted by atomic mass is 16.5. The molecular formula is C20H22N3O4. The lowest BCUT2D eigenvalue weighted by molar-refractivity contribution is 0.324. The Labute approximate surface area is 158 Å². The van der Waals surface area contributed by atoms with Crippen molar-refractivity contribution < 1.29 is 18.9 Å². The topological polar surface area (TPSA) is 78.5 Å². The highest BCUT2D eigenvalue weighted by molar-refractivity contribution is 5.81. The zero-order valence-corrected chi connectivity index (χ0v) is 16.0. The SMILES string of the molecule is CCc1cc(OC)[c]cc1-c1[nH]nnc1-c1cc(OC)c(OC)c(OC)c1. The van der Waals surface area contributed by atoms with Gasteiger partial charge in [-0.25, -0.2) is 0 Å². The van der Waals surface area contributed by atoms with Crippen molar-refractivity contribution in [3.63, 3.8) is 0 Å². The number of aryl methyl sites for hydroxylation is 1. The van der Waals surface area contributed by atoms with Gasteiger partial charge in [-0.05, 0) is 36.2 Å². The van der Waals surface area contributed by atoms with E-state index in [-0.39, 0.29) is 0 Å². The molecule has 1 heterocycles. The summed E-state index contributed by atoms with van der Waals surface area (Å²) in [5, 5.41) is 11.3. The van der Waals surface area contributed by atoms with E-state index in [0.717, 1.165) is 28.8 Å². The Hall–Kier alpha value is -3.22. The van der Waals surface area contributed by atoms with Gasteiger partial charge in [0.2, 0.25) is 5.75 Å². The first-order chi connectivity index (χ1) is 13.2. The molecule has 0 fully saturated rings. The summed E-state index contributed by atoms with van der Waals surface area (Å²) in [5.74, 6) is 2.33. The van der Waals surface area contributed by atoms with Crippen LogP contribution in [0, 0.1) is 6.07 Å². The van der Waals surface area contributed by atoms with Crippen LogP contribution in [-0.4, -0.2) is 43.8 Å². The fraction of sp³-hybridized carbons (Fsp3) is 0.300. The van der Waals surface area contributed by atoms with Crippen molar-refractivity contribution in [3.8, 4) is 45.5 Å². The van der Waals surface area contributed by atoms with E-state index in [1.807, 2.05) is 24.3 Å². The molecular weight excluding hydrogens is 346 g/mol. The maximum absolute atomic E-state index is 5.45. The van der Waals surface area contributed by atoms with E-state index in [4.69, 9.17) is 18.9 Å². The summed E-state index contributed by atoms with van der Waals surface area (Å²) in [6, 6.07) is 10.7. The van der Waals surface area contributed by atoms with Gasteiger partial charge in [0.15, 0.2) is 11.5 Å². The maximum Gasteiger partial charge on any atom is 0.203 e. The molecule has 1 N–H and O–H groups in total. The summed E-state index contributed by atoms with van der Waals surface area (Å²) in [5.41, 5.74) is 4.34. The molecule has 1 aromatic heterocycles. The van der Waals surface area contributed by atoms with Crippen molar-refractivity contribution in [1.29, 1.82) is 0 Å². The first-order valence-corrected chi connectivity index (χ1v) is 8.47. The number of hydrogen-bond donors (Lipinski definition) is 1. The van der Waals surface area contributed by atoms with Crippen LogP contribution in [0.3, 0.4) is 0 Å². The van der Waals surface area contributed by atoms with Gasteiger partial charge in [0.05, 0.1) is 34.1 Å². The van der Waals surface area contributed by atoms with Crippen LogP contribution in [-0.2, 0) is 6.42 Å². The van der Waals surface area contributed by atoms with Gasteiger partial charge in [-0.3, -0.25) is 5.10 Å². The molecule has 3 aromatic rings. The molecule has 0 unspecified atom stereocenters. The van der Waals surface area contributed by atoms with Crippen LogP contribution in [0.15, 0.2) is 24.3 Å². The van der Waals surface area contributed by atoms with Gasteiger partial charge in [0.25, 0.3) is 0 Å². The summed E-state index contributed by atoms with van der Waals surface area (Å²) in [6.45, 7) is 2.08. The standard InChI is InChI=1S/C20H22N3O4/c1-6-12-9-14(24-2)7-8-15(12)19-18(21-23-22-19)13-10-16(25-3)20(27-5)17(11-13)26-4/h8-11H,6H2,1-5H3,(H,21,22,23). The predicted molar refractivity (Wildman–Crippen MR) is 102 cm³/mol. The van der Waals surface area contributed by atoms with Crippen molar-refractivity contribution in [1.82, 2.24) is 15.4 Å². The van der Waals surface area contributed by atoms with Gasteiger partial charge < -0.3 is 18.9 Å². The number of ether oxygens (including phenoxy) is 4. The van der Waals surface area contributed by atoms with Crippen molar-refractivity contribution in [2.75, 3.05) is 28.4 Å². The molecule has 0 spiro atoms. The largest absolute Gasteiger partial charge is 0.496 e. The van der Waals surface area contributed by atoms with Crippen molar-refractivity contribution in [2.24, 2.45) is 0 Å². The molecule has 0 aliphatic heterocycles. The number of nitrogens with one attached hydrogen (secondary N) is 1. The maximum atomic E-state index is 5.45. The Morgan fingerprint density at radius 2 is 1.67 bits per heavy atom. The van der Waals surface area contributed by atoms with E-state index in [1.165, 1.54) is 0 Å². The number of rotatable bonds is 7. The Morgan fingerprint density at radius 1 is 0.963 bits per heavy atom. The van der Waals surface area contributed by atoms with Gasteiger partial charge in [0.1, 0.15) is 11.4 Å². The summed E-state index contributed by atoms with van der Waals surface area (Å²) in [4.78, 5) is 0. The predicted octanol–water partition coefficient (Wildman–Crippen LogP) is 3.54. The Balaban J connectivity index is 2.16. The molecule has 0 saturated heterocycles. The fourth-order valence-corrected chi connectivity index (χ4v) is 2.99. The summed E-state index contributed by atoms with van der Waals surface area (Å²) < 4.78 is 21.6. The minimum atomic E-state index is 0.529. The number of methoxy groups -OCH3 is 4. The molecule has 2 aromatic carbocycles. The number of benzene rings is 2. The van der Waals surface area contributed by atoms with Crippen molar-refractivity contribution in [2.45, 2.75) is 13.3 Å². The molecule has 27 heavy (non-hydrogen) atoms. The van der Waals surface area contributed by atoms with E-state index < -0.39 is 0 Å². The normalized spacial score (nSPS) is 10.6. The Morgan fingerprint density at radius 3 is 2.22 bits per heavy atom. The van der Waals surface area contributed by atoms with Crippen LogP contribution in [0.1, 0.15) is 12.5 Å². The van der Waals surface area contributed by atoms with Crippen LogP contribution in [0.25, 0.3) is 22.5 Å². The van der Waals surface area contributed by atoms with Crippen molar-refractivity contribution in [3.05, 3.63) is 35.9 Å². The average Bonchev–Trinajstić information content (AvgIpc) is 3.21. The van der Waals surface area contributed by atoms with E-state index in [1.54, 1.807) is 28.4 Å². The Kier molecular flexibility index (Phi) is 5.49. The van der Waals surface area contributed by atoms with Crippen LogP contribution >= 0.6 is 0 Å². The molecule has 7 nitrogen and oxygen atoms in total. The summed E-state index contributed by atoms with van der Waals surface area (Å²) in [6.07, 6.45) is 0.827. The zero-order chi connectivity index (χ0) is 19.4. The molecule has 141 valence electrons. The third kappa shape index (κ3) is 3.40. The van der Waals surface area contributed by atoms with E-state index in [0.29, 0.717) is 28.7 Å². The fourth-order valence-electron chi connectivity index (χ4n) is 2.99. The van der Waals surface area contributed by atoms with Crippen molar-refractivity contribution >= 4 is 0 Å². The molecule has 3 rings (SSSR count). The number of aromatic amines is 1.